The van der Waals surface area contributed by atoms with Crippen LogP contribution in [0.25, 0.3) is 10.9 Å². The maximum atomic E-state index is 15.0. The quantitative estimate of drug-likeness (QED) is 0.194. The highest BCUT2D eigenvalue weighted by atomic mass is 32.2. The zero-order chi connectivity index (χ0) is 43.6. The molecule has 3 heterocycles. The fourth-order valence-corrected chi connectivity index (χ4v) is 11.4. The van der Waals surface area contributed by atoms with Gasteiger partial charge in [0.05, 0.1) is 29.5 Å². The van der Waals surface area contributed by atoms with E-state index in [9.17, 15) is 22.8 Å². The fourth-order valence-electron chi connectivity index (χ4n) is 10.0. The van der Waals surface area contributed by atoms with Crippen molar-refractivity contribution in [2.75, 3.05) is 33.8 Å². The predicted octanol–water partition coefficient (Wildman–Crippen LogP) is 4.93. The molecule has 4 saturated carbocycles. The molecule has 0 unspecified atom stereocenters. The number of ether oxygens (including phenoxy) is 3. The van der Waals surface area contributed by atoms with E-state index >= 15 is 4.79 Å². The van der Waals surface area contributed by atoms with Gasteiger partial charge in [-0.15, -0.1) is 6.58 Å². The van der Waals surface area contributed by atoms with Gasteiger partial charge in [0.15, 0.2) is 0 Å². The van der Waals surface area contributed by atoms with Crippen molar-refractivity contribution in [2.24, 2.45) is 17.8 Å². The van der Waals surface area contributed by atoms with Crippen LogP contribution in [0, 0.1) is 17.8 Å². The molecule has 15 nitrogen and oxygen atoms in total. The van der Waals surface area contributed by atoms with Gasteiger partial charge < -0.3 is 34.6 Å². The Balaban J connectivity index is 1.15. The number of nitrogens with zero attached hydrogens (tertiary/aromatic N) is 3. The number of carbonyl (C=O) groups excluding carboxylic acids is 4. The summed E-state index contributed by atoms with van der Waals surface area (Å²) in [6.07, 6.45) is 14.1. The second-order valence-corrected chi connectivity index (χ2v) is 20.4. The number of fused-ring (bicyclic) bond motifs is 5. The monoisotopic (exact) mass is 874 g/mol. The van der Waals surface area contributed by atoms with Crippen molar-refractivity contribution in [1.82, 2.24) is 30.1 Å². The van der Waals surface area contributed by atoms with Gasteiger partial charge in [-0.1, -0.05) is 43.2 Å². The van der Waals surface area contributed by atoms with E-state index in [0.29, 0.717) is 43.0 Å². The van der Waals surface area contributed by atoms with E-state index in [1.54, 1.807) is 0 Å². The Hall–Kier alpha value is -4.70. The van der Waals surface area contributed by atoms with E-state index in [4.69, 9.17) is 19.2 Å². The van der Waals surface area contributed by atoms with Crippen LogP contribution in [0.1, 0.15) is 95.5 Å². The maximum Gasteiger partial charge on any atom is 0.408 e. The first-order chi connectivity index (χ1) is 29.9. The van der Waals surface area contributed by atoms with E-state index in [-0.39, 0.29) is 37.3 Å². The van der Waals surface area contributed by atoms with E-state index in [1.807, 2.05) is 38.4 Å². The Morgan fingerprint density at radius 1 is 1.03 bits per heavy atom. The van der Waals surface area contributed by atoms with Crippen LogP contribution in [-0.4, -0.2) is 116 Å². The summed E-state index contributed by atoms with van der Waals surface area (Å²) in [5, 5.41) is 6.06. The van der Waals surface area contributed by atoms with Crippen LogP contribution >= 0.6 is 0 Å². The SMILES string of the molecule is C=C[C@@H]1C[C@]1(NC(=O)[C@@H]1C[C@@H]2CN1C(=O)[C@H](C1CCCC1)NC(=O)O[C@@H]1CCC[C@H]1CC/C=C\Cc1c(nc3ccccc3c1OCCCN(C)C)O2)C(=O)NS(=O)(=O)C1CC1. The third kappa shape index (κ3) is 9.60. The smallest absolute Gasteiger partial charge is 0.408 e. The number of hydrogen-bond donors (Lipinski definition) is 3. The molecule has 62 heavy (non-hydrogen) atoms. The number of rotatable bonds is 12. The number of aromatic nitrogens is 1. The first kappa shape index (κ1) is 43.9. The molecule has 6 aliphatic rings. The minimum Gasteiger partial charge on any atom is -0.492 e. The lowest BCUT2D eigenvalue weighted by Crippen LogP contribution is -2.59. The molecule has 2 bridgehead atoms. The zero-order valence-corrected chi connectivity index (χ0v) is 36.8. The van der Waals surface area contributed by atoms with Gasteiger partial charge in [-0.2, -0.15) is 0 Å². The highest BCUT2D eigenvalue weighted by Crippen LogP contribution is 2.46. The molecule has 3 N–H and O–H groups in total. The predicted molar refractivity (Wildman–Crippen MR) is 233 cm³/mol. The minimum absolute atomic E-state index is 0.00940. The van der Waals surface area contributed by atoms with Crippen molar-refractivity contribution in [3.05, 3.63) is 54.6 Å². The number of hydrogen-bond acceptors (Lipinski definition) is 11. The molecule has 336 valence electrons. The van der Waals surface area contributed by atoms with Crippen LogP contribution in [0.2, 0.25) is 0 Å². The van der Waals surface area contributed by atoms with Crippen molar-refractivity contribution in [2.45, 2.75) is 131 Å². The molecule has 0 spiro atoms. The molecule has 0 radical (unpaired) electrons. The molecular formula is C46H62N6O9S. The third-order valence-electron chi connectivity index (χ3n) is 13.7. The molecule has 4 amide bonds. The van der Waals surface area contributed by atoms with E-state index in [1.165, 1.54) is 11.0 Å². The van der Waals surface area contributed by atoms with Crippen molar-refractivity contribution < 1.29 is 41.8 Å². The molecule has 2 aromatic rings. The Morgan fingerprint density at radius 2 is 1.81 bits per heavy atom. The van der Waals surface area contributed by atoms with Crippen LogP contribution in [0.5, 0.6) is 11.6 Å². The number of nitrogens with one attached hydrogen (secondary N) is 3. The Morgan fingerprint density at radius 3 is 2.55 bits per heavy atom. The van der Waals surface area contributed by atoms with Gasteiger partial charge in [0.25, 0.3) is 5.91 Å². The third-order valence-corrected chi connectivity index (χ3v) is 15.5. The van der Waals surface area contributed by atoms with Gasteiger partial charge in [0.2, 0.25) is 27.7 Å². The second-order valence-electron chi connectivity index (χ2n) is 18.5. The first-order valence-electron chi connectivity index (χ1n) is 22.7. The van der Waals surface area contributed by atoms with Gasteiger partial charge in [0.1, 0.15) is 35.6 Å². The van der Waals surface area contributed by atoms with Gasteiger partial charge in [-0.25, -0.2) is 18.2 Å². The van der Waals surface area contributed by atoms with Crippen LogP contribution < -0.4 is 24.8 Å². The maximum absolute atomic E-state index is 15.0. The standard InChI is InChI=1S/C46H62N6O9S/c1-4-31-27-46(31,44(55)50-62(57,58)33-22-23-33)49-41(53)37-26-32-28-52(37)43(54)39(30-15-8-9-16-30)48-45(56)61-38-21-12-17-29(38)14-6-5-7-19-35-40(59-25-13-24-51(2)3)34-18-10-11-20-36(34)47-42(35)60-32/h4-5,7,10-11,18,20,29-33,37-39H,1,6,8-9,12-17,19,21-28H2,2-3H3,(H,48,56)(H,49,53)(H,50,55)/b7-5-/t29-,31-,32-,37+,38-,39+,46-/m1/s1. The van der Waals surface area contributed by atoms with E-state index in [2.05, 4.69) is 39.0 Å². The summed E-state index contributed by atoms with van der Waals surface area (Å²) in [6, 6.07) is 5.67. The summed E-state index contributed by atoms with van der Waals surface area (Å²) in [6.45, 7) is 5.14. The average Bonchev–Trinajstić information content (AvgIpc) is 4.03. The summed E-state index contributed by atoms with van der Waals surface area (Å²) in [5.41, 5.74) is -0.118. The van der Waals surface area contributed by atoms with E-state index in [0.717, 1.165) is 81.7 Å². The number of carbonyl (C=O) groups is 4. The van der Waals surface area contributed by atoms with Gasteiger partial charge in [-0.3, -0.25) is 19.1 Å². The number of pyridine rings is 1. The summed E-state index contributed by atoms with van der Waals surface area (Å²) in [4.78, 5) is 65.8. The van der Waals surface area contributed by atoms with Crippen LogP contribution in [0.3, 0.4) is 0 Å². The molecule has 5 fully saturated rings. The topological polar surface area (TPSA) is 186 Å². The number of para-hydroxylation sites is 1. The molecule has 1 saturated heterocycles. The highest BCUT2D eigenvalue weighted by Gasteiger charge is 2.62. The number of amides is 4. The normalized spacial score (nSPS) is 30.0. The number of sulfonamides is 1. The van der Waals surface area contributed by atoms with Crippen molar-refractivity contribution in [1.29, 1.82) is 0 Å². The number of alkyl carbamates (subject to hydrolysis) is 1. The first-order valence-corrected chi connectivity index (χ1v) is 24.2. The second kappa shape index (κ2) is 18.6. The number of allylic oxidation sites excluding steroid dienone is 2. The molecular weight excluding hydrogens is 813 g/mol. The largest absolute Gasteiger partial charge is 0.492 e. The van der Waals surface area contributed by atoms with Crippen molar-refractivity contribution in [3.63, 3.8) is 0 Å². The Labute approximate surface area is 364 Å². The summed E-state index contributed by atoms with van der Waals surface area (Å²) in [5.74, 6) is -1.37. The van der Waals surface area contributed by atoms with E-state index < -0.39 is 68.7 Å². The Kier molecular flexibility index (Phi) is 13.2. The van der Waals surface area contributed by atoms with Crippen LogP contribution in [-0.2, 0) is 35.6 Å². The molecule has 1 aromatic heterocycles. The van der Waals surface area contributed by atoms with Gasteiger partial charge >= 0.3 is 6.09 Å². The van der Waals surface area contributed by atoms with Crippen molar-refractivity contribution >= 4 is 44.7 Å². The molecule has 16 heteroatoms. The fraction of sp³-hybridized carbons (Fsp3) is 0.630. The molecule has 4 aliphatic carbocycles. The molecule has 7 atom stereocenters. The molecule has 8 rings (SSSR count). The Bertz CT molecular complexity index is 2170. The summed E-state index contributed by atoms with van der Waals surface area (Å²) < 4.78 is 47.5. The highest BCUT2D eigenvalue weighted by molar-refractivity contribution is 7.91. The van der Waals surface area contributed by atoms with Gasteiger partial charge in [0, 0.05) is 24.3 Å². The summed E-state index contributed by atoms with van der Waals surface area (Å²) >= 11 is 0. The number of benzene rings is 1. The van der Waals surface area contributed by atoms with Crippen LogP contribution in [0.15, 0.2) is 49.1 Å². The molecule has 2 aliphatic heterocycles. The van der Waals surface area contributed by atoms with Crippen LogP contribution in [0.4, 0.5) is 4.79 Å². The lowest BCUT2D eigenvalue weighted by Gasteiger charge is -2.32. The minimum atomic E-state index is -3.91. The zero-order valence-electron chi connectivity index (χ0n) is 36.0. The van der Waals surface area contributed by atoms with Crippen molar-refractivity contribution in [3.8, 4) is 11.6 Å². The lowest BCUT2D eigenvalue weighted by atomic mass is 9.96. The molecule has 1 aromatic carbocycles. The van der Waals surface area contributed by atoms with Gasteiger partial charge in [-0.05, 0) is 115 Å². The average molecular weight is 875 g/mol. The lowest BCUT2D eigenvalue weighted by molar-refractivity contribution is -0.142. The summed E-state index contributed by atoms with van der Waals surface area (Å²) in [7, 11) is 0.137.